The van der Waals surface area contributed by atoms with Crippen molar-refractivity contribution in [3.63, 3.8) is 0 Å². The van der Waals surface area contributed by atoms with Crippen molar-refractivity contribution < 1.29 is 69.1 Å². The number of hydrogen-bond donors (Lipinski definition) is 0. The average Bonchev–Trinajstić information content (AvgIpc) is 2.29. The van der Waals surface area contributed by atoms with E-state index in [1.807, 2.05) is 13.8 Å². The van der Waals surface area contributed by atoms with Crippen molar-refractivity contribution in [3.05, 3.63) is 24.3 Å². The van der Waals surface area contributed by atoms with E-state index in [0.29, 0.717) is 12.5 Å². The largest absolute Gasteiger partial charge is 1.00 e. The first kappa shape index (κ1) is 18.5. The summed E-state index contributed by atoms with van der Waals surface area (Å²) in [5.74, 6) is 0.260. The maximum atomic E-state index is 12.7. The van der Waals surface area contributed by atoms with Gasteiger partial charge < -0.3 is 17.7 Å². The van der Waals surface area contributed by atoms with E-state index >= 15 is 0 Å². The van der Waals surface area contributed by atoms with Gasteiger partial charge >= 0.3 is 58.4 Å². The van der Waals surface area contributed by atoms with E-state index in [2.05, 4.69) is 0 Å². The van der Waals surface area contributed by atoms with Crippen LogP contribution >= 0.6 is 0 Å². The van der Waals surface area contributed by atoms with Gasteiger partial charge in [0.15, 0.2) is 0 Å². The summed E-state index contributed by atoms with van der Waals surface area (Å²) in [6.45, 7) is -0.639. The van der Waals surface area contributed by atoms with Gasteiger partial charge in [0.25, 0.3) is 0 Å². The fourth-order valence-corrected chi connectivity index (χ4v) is 1.61. The van der Waals surface area contributed by atoms with Gasteiger partial charge in [0.05, 0.1) is 12.4 Å². The second kappa shape index (κ2) is 8.64. The molecule has 1 aromatic rings. The molecule has 0 aliphatic carbocycles. The maximum Gasteiger partial charge on any atom is 1.00 e. The molecule has 0 fully saturated rings. The molecule has 1 aromatic carbocycles. The molecule has 0 aliphatic rings. The Kier molecular flexibility index (Phi) is 8.88. The number of rotatable bonds is 6. The second-order valence-corrected chi connectivity index (χ2v) is 4.11. The maximum absolute atomic E-state index is 12.7. The Morgan fingerprint density at radius 3 is 2.17 bits per heavy atom. The van der Waals surface area contributed by atoms with E-state index in [1.165, 1.54) is 12.1 Å². The molecule has 0 aliphatic heterocycles. The molecule has 0 heterocycles. The minimum atomic E-state index is -5.00. The Bertz CT molecular complexity index is 353. The molecule has 0 aromatic heterocycles. The van der Waals surface area contributed by atoms with Crippen LogP contribution in [0.3, 0.4) is 0 Å². The van der Waals surface area contributed by atoms with Crippen molar-refractivity contribution in [1.29, 1.82) is 0 Å². The number of para-hydroxylation sites is 1. The third-order valence-electron chi connectivity index (χ3n) is 2.90. The average molecular weight is 284 g/mol. The third kappa shape index (κ3) is 5.65. The minimum Gasteiger partial charge on any atom is -0.496 e. The summed E-state index contributed by atoms with van der Waals surface area (Å²) in [7, 11) is 0. The summed E-state index contributed by atoms with van der Waals surface area (Å²) in [5.41, 5.74) is -0.640. The number of halogens is 3. The van der Waals surface area contributed by atoms with Crippen molar-refractivity contribution in [1.82, 2.24) is 0 Å². The molecule has 0 bridgehead atoms. The predicted molar refractivity (Wildman–Crippen MR) is 64.7 cm³/mol. The summed E-state index contributed by atoms with van der Waals surface area (Å²) < 4.78 is 43.5. The number of ether oxygens (including phenoxy) is 1. The van der Waals surface area contributed by atoms with Crippen LogP contribution in [0.15, 0.2) is 24.3 Å². The Balaban J connectivity index is 0.00000289. The Morgan fingerprint density at radius 2 is 1.67 bits per heavy atom. The van der Waals surface area contributed by atoms with Crippen molar-refractivity contribution >= 4 is 12.4 Å². The summed E-state index contributed by atoms with van der Waals surface area (Å²) in [6, 6.07) is 5.40. The minimum absolute atomic E-state index is 0. The molecule has 0 saturated carbocycles. The van der Waals surface area contributed by atoms with Crippen molar-refractivity contribution in [3.8, 4) is 5.75 Å². The fraction of sp³-hybridized carbons (Fsp3) is 0.500. The van der Waals surface area contributed by atoms with Gasteiger partial charge in [-0.05, 0) is 12.0 Å². The molecule has 0 unspecified atom stereocenters. The molecule has 0 radical (unpaired) electrons. The van der Waals surface area contributed by atoms with Crippen LogP contribution in [0.2, 0.25) is 0 Å². The summed E-state index contributed by atoms with van der Waals surface area (Å²) >= 11 is 0. The van der Waals surface area contributed by atoms with Gasteiger partial charge in [0, 0.05) is 0 Å². The third-order valence-corrected chi connectivity index (χ3v) is 2.90. The van der Waals surface area contributed by atoms with Crippen LogP contribution in [0.4, 0.5) is 12.9 Å². The summed E-state index contributed by atoms with van der Waals surface area (Å²) in [5, 5.41) is 0. The van der Waals surface area contributed by atoms with Crippen LogP contribution in [0, 0.1) is 5.92 Å². The predicted octanol–water partition coefficient (Wildman–Crippen LogP) is 0.560. The van der Waals surface area contributed by atoms with Crippen molar-refractivity contribution in [2.45, 2.75) is 26.7 Å². The number of hydrogen-bond acceptors (Lipinski definition) is 1. The fourth-order valence-electron chi connectivity index (χ4n) is 1.61. The molecule has 0 atom stereocenters. The standard InChI is InChI=1S/C12H17BF3O.K/c1-3-10(4-2)9-17-12-8-6-5-7-11(12)13(14,15)16;/h5-8,10H,3-4,9H2,1-2H3;/q-1;+1. The van der Waals surface area contributed by atoms with Crippen LogP contribution in [0.25, 0.3) is 0 Å². The molecule has 1 rings (SSSR count). The smallest absolute Gasteiger partial charge is 0.496 e. The zero-order valence-corrected chi connectivity index (χ0v) is 14.3. The first-order valence-corrected chi connectivity index (χ1v) is 5.90. The normalized spacial score (nSPS) is 11.2. The first-order chi connectivity index (χ1) is 7.99. The van der Waals surface area contributed by atoms with Crippen LogP contribution in [-0.2, 0) is 0 Å². The molecular weight excluding hydrogens is 267 g/mol. The van der Waals surface area contributed by atoms with E-state index in [1.54, 1.807) is 6.07 Å². The molecular formula is C12H17BF3KO. The molecule has 0 N–H and O–H groups in total. The summed E-state index contributed by atoms with van der Waals surface area (Å²) in [4.78, 5) is 0. The van der Waals surface area contributed by atoms with Gasteiger partial charge in [-0.15, -0.1) is 0 Å². The van der Waals surface area contributed by atoms with E-state index in [4.69, 9.17) is 4.74 Å². The molecule has 18 heavy (non-hydrogen) atoms. The van der Waals surface area contributed by atoms with Crippen LogP contribution in [0.5, 0.6) is 5.75 Å². The van der Waals surface area contributed by atoms with Gasteiger partial charge in [0.2, 0.25) is 0 Å². The van der Waals surface area contributed by atoms with Gasteiger partial charge in [-0.1, -0.05) is 50.4 Å². The second-order valence-electron chi connectivity index (χ2n) is 4.11. The van der Waals surface area contributed by atoms with Crippen LogP contribution in [-0.4, -0.2) is 13.6 Å². The number of benzene rings is 1. The molecule has 0 saturated heterocycles. The first-order valence-electron chi connectivity index (χ1n) is 5.90. The van der Waals surface area contributed by atoms with Crippen LogP contribution in [0.1, 0.15) is 26.7 Å². The van der Waals surface area contributed by atoms with E-state index < -0.39 is 12.4 Å². The Labute approximate surface area is 149 Å². The SMILES string of the molecule is CCC(CC)COc1ccccc1[B-](F)(F)F.[K+]. The monoisotopic (exact) mass is 284 g/mol. The van der Waals surface area contributed by atoms with E-state index in [-0.39, 0.29) is 57.1 Å². The molecule has 96 valence electrons. The van der Waals surface area contributed by atoms with E-state index in [9.17, 15) is 12.9 Å². The zero-order valence-electron chi connectivity index (χ0n) is 11.1. The molecule has 1 nitrogen and oxygen atoms in total. The quantitative estimate of drug-likeness (QED) is 0.694. The zero-order chi connectivity index (χ0) is 12.9. The van der Waals surface area contributed by atoms with Gasteiger partial charge in [0.1, 0.15) is 0 Å². The van der Waals surface area contributed by atoms with Crippen molar-refractivity contribution in [2.75, 3.05) is 6.61 Å². The van der Waals surface area contributed by atoms with Gasteiger partial charge in [-0.2, -0.15) is 0 Å². The van der Waals surface area contributed by atoms with Gasteiger partial charge in [-0.3, -0.25) is 0 Å². The van der Waals surface area contributed by atoms with Gasteiger partial charge in [-0.25, -0.2) is 0 Å². The molecule has 6 heteroatoms. The Morgan fingerprint density at radius 1 is 1.11 bits per heavy atom. The van der Waals surface area contributed by atoms with Crippen LogP contribution < -0.4 is 61.6 Å². The molecule has 0 amide bonds. The topological polar surface area (TPSA) is 9.23 Å². The van der Waals surface area contributed by atoms with Crippen molar-refractivity contribution in [2.24, 2.45) is 5.92 Å². The molecule has 0 spiro atoms. The summed E-state index contributed by atoms with van der Waals surface area (Å²) in [6.07, 6.45) is 1.83. The Hall–Kier alpha value is 0.511. The van der Waals surface area contributed by atoms with E-state index in [0.717, 1.165) is 18.9 Å².